The number of hydrogen-bond donors (Lipinski definition) is 0. The first-order valence-electron chi connectivity index (χ1n) is 10.1. The average molecular weight is 467 g/mol. The molecule has 0 radical (unpaired) electrons. The van der Waals surface area contributed by atoms with Crippen LogP contribution in [0, 0.1) is 19.8 Å². The molecule has 0 bridgehead atoms. The molecule has 31 heavy (non-hydrogen) atoms. The van der Waals surface area contributed by atoms with E-state index in [2.05, 4.69) is 0 Å². The van der Waals surface area contributed by atoms with Crippen LogP contribution in [0.4, 0.5) is 0 Å². The van der Waals surface area contributed by atoms with Gasteiger partial charge in [0.1, 0.15) is 4.90 Å². The SMILES string of the molecule is Cc1cc(C(=O)COC(=O)c2ccc(Cl)c(S(=O)(=O)N3CCCC(C)C3)c2)c(C)n1C. The van der Waals surface area contributed by atoms with E-state index in [0.717, 1.165) is 24.2 Å². The van der Waals surface area contributed by atoms with Crippen molar-refractivity contribution in [1.29, 1.82) is 0 Å². The van der Waals surface area contributed by atoms with Crippen LogP contribution in [0.15, 0.2) is 29.2 Å². The summed E-state index contributed by atoms with van der Waals surface area (Å²) in [5.41, 5.74) is 2.23. The predicted molar refractivity (Wildman–Crippen MR) is 118 cm³/mol. The van der Waals surface area contributed by atoms with E-state index in [1.165, 1.54) is 22.5 Å². The van der Waals surface area contributed by atoms with E-state index >= 15 is 0 Å². The molecule has 1 aliphatic rings. The average Bonchev–Trinajstić information content (AvgIpc) is 2.99. The number of benzene rings is 1. The molecule has 7 nitrogen and oxygen atoms in total. The van der Waals surface area contributed by atoms with E-state index in [-0.39, 0.29) is 27.2 Å². The van der Waals surface area contributed by atoms with Gasteiger partial charge in [-0.2, -0.15) is 4.31 Å². The maximum Gasteiger partial charge on any atom is 0.338 e. The third-order valence-electron chi connectivity index (χ3n) is 5.81. The monoisotopic (exact) mass is 466 g/mol. The molecule has 3 rings (SSSR count). The highest BCUT2D eigenvalue weighted by Gasteiger charge is 2.31. The minimum atomic E-state index is -3.84. The zero-order valence-electron chi connectivity index (χ0n) is 18.1. The lowest BCUT2D eigenvalue weighted by Gasteiger charge is -2.30. The molecule has 0 spiro atoms. The second-order valence-corrected chi connectivity index (χ2v) is 10.4. The van der Waals surface area contributed by atoms with Gasteiger partial charge in [0.05, 0.1) is 10.6 Å². The van der Waals surface area contributed by atoms with Crippen LogP contribution in [0.25, 0.3) is 0 Å². The Balaban J connectivity index is 1.77. The predicted octanol–water partition coefficient (Wildman–Crippen LogP) is 3.76. The zero-order valence-corrected chi connectivity index (χ0v) is 19.7. The normalized spacial score (nSPS) is 17.5. The highest BCUT2D eigenvalue weighted by atomic mass is 35.5. The molecule has 0 N–H and O–H groups in total. The lowest BCUT2D eigenvalue weighted by atomic mass is 10.0. The van der Waals surface area contributed by atoms with Gasteiger partial charge in [-0.25, -0.2) is 13.2 Å². The molecule has 168 valence electrons. The lowest BCUT2D eigenvalue weighted by Crippen LogP contribution is -2.39. The number of nitrogens with zero attached hydrogens (tertiary/aromatic N) is 2. The first-order valence-corrected chi connectivity index (χ1v) is 12.0. The number of halogens is 1. The van der Waals surface area contributed by atoms with Crippen LogP contribution in [0.3, 0.4) is 0 Å². The van der Waals surface area contributed by atoms with Crippen molar-refractivity contribution in [2.45, 2.75) is 38.5 Å². The van der Waals surface area contributed by atoms with E-state index in [9.17, 15) is 18.0 Å². The summed E-state index contributed by atoms with van der Waals surface area (Å²) >= 11 is 6.17. The van der Waals surface area contributed by atoms with Crippen LogP contribution in [0.2, 0.25) is 5.02 Å². The minimum absolute atomic E-state index is 0.0294. The van der Waals surface area contributed by atoms with E-state index < -0.39 is 22.6 Å². The van der Waals surface area contributed by atoms with Gasteiger partial charge in [0.2, 0.25) is 15.8 Å². The maximum atomic E-state index is 13.1. The van der Waals surface area contributed by atoms with Crippen molar-refractivity contribution in [1.82, 2.24) is 8.87 Å². The Kier molecular flexibility index (Phi) is 6.93. The molecule has 9 heteroatoms. The largest absolute Gasteiger partial charge is 0.454 e. The zero-order chi connectivity index (χ0) is 22.9. The summed E-state index contributed by atoms with van der Waals surface area (Å²) in [6.45, 7) is 6.11. The Labute approximate surface area is 188 Å². The molecule has 1 unspecified atom stereocenters. The number of aryl methyl sites for hydroxylation is 1. The van der Waals surface area contributed by atoms with Crippen LogP contribution in [0.1, 0.15) is 51.9 Å². The number of esters is 1. The second-order valence-electron chi connectivity index (χ2n) is 8.10. The van der Waals surface area contributed by atoms with Crippen molar-refractivity contribution in [2.75, 3.05) is 19.7 Å². The quantitative estimate of drug-likeness (QED) is 0.478. The van der Waals surface area contributed by atoms with Crippen molar-refractivity contribution in [3.05, 3.63) is 51.8 Å². The molecular weight excluding hydrogens is 440 g/mol. The lowest BCUT2D eigenvalue weighted by molar-refractivity contribution is 0.0474. The second kappa shape index (κ2) is 9.14. The molecule has 1 saturated heterocycles. The summed E-state index contributed by atoms with van der Waals surface area (Å²) in [6, 6.07) is 5.73. The number of sulfonamides is 1. The number of hydrogen-bond acceptors (Lipinski definition) is 5. The molecule has 1 atom stereocenters. The third-order valence-corrected chi connectivity index (χ3v) is 8.16. The molecule has 1 aliphatic heterocycles. The maximum absolute atomic E-state index is 13.1. The molecular formula is C22H27ClN2O5S. The summed E-state index contributed by atoms with van der Waals surface area (Å²) < 4.78 is 34.6. The van der Waals surface area contributed by atoms with Gasteiger partial charge in [-0.3, -0.25) is 4.79 Å². The van der Waals surface area contributed by atoms with Gasteiger partial charge in [0.25, 0.3) is 0 Å². The fourth-order valence-corrected chi connectivity index (χ4v) is 5.86. The molecule has 0 amide bonds. The van der Waals surface area contributed by atoms with Crippen molar-refractivity contribution >= 4 is 33.4 Å². The van der Waals surface area contributed by atoms with Crippen LogP contribution in [-0.4, -0.2) is 48.7 Å². The molecule has 2 aromatic rings. The van der Waals surface area contributed by atoms with E-state index in [1.807, 2.05) is 32.4 Å². The number of carbonyl (C=O) groups excluding carboxylic acids is 2. The third kappa shape index (κ3) is 4.86. The Morgan fingerprint density at radius 3 is 2.55 bits per heavy atom. The molecule has 1 aromatic carbocycles. The van der Waals surface area contributed by atoms with Crippen LogP contribution in [-0.2, 0) is 21.8 Å². The fourth-order valence-electron chi connectivity index (χ4n) is 3.76. The standard InChI is InChI=1S/C22H27ClN2O5S/c1-14-6-5-9-25(12-14)31(28,29)21-11-17(7-8-19(21)23)22(27)30-13-20(26)18-10-15(2)24(4)16(18)3/h7-8,10-11,14H,5-6,9,12-13H2,1-4H3. The summed E-state index contributed by atoms with van der Waals surface area (Å²) in [4.78, 5) is 24.9. The van der Waals surface area contributed by atoms with Gasteiger partial charge < -0.3 is 9.30 Å². The number of Topliss-reactive ketones (excluding diaryl/α,β-unsaturated/α-hetero) is 1. The highest BCUT2D eigenvalue weighted by Crippen LogP contribution is 2.29. The molecule has 0 aliphatic carbocycles. The summed E-state index contributed by atoms with van der Waals surface area (Å²) in [7, 11) is -1.99. The summed E-state index contributed by atoms with van der Waals surface area (Å²) in [5, 5.41) is 0.0428. The topological polar surface area (TPSA) is 85.7 Å². The highest BCUT2D eigenvalue weighted by molar-refractivity contribution is 7.89. The number of ketones is 1. The Bertz CT molecular complexity index is 1120. The number of ether oxygens (including phenoxy) is 1. The first kappa shape index (κ1) is 23.5. The van der Waals surface area contributed by atoms with Crippen LogP contribution < -0.4 is 0 Å². The number of rotatable bonds is 6. The van der Waals surface area contributed by atoms with Crippen molar-refractivity contribution in [3.8, 4) is 0 Å². The van der Waals surface area contributed by atoms with E-state index in [0.29, 0.717) is 18.7 Å². The van der Waals surface area contributed by atoms with Crippen molar-refractivity contribution in [3.63, 3.8) is 0 Å². The van der Waals surface area contributed by atoms with E-state index in [4.69, 9.17) is 16.3 Å². The van der Waals surface area contributed by atoms with Crippen molar-refractivity contribution in [2.24, 2.45) is 13.0 Å². The number of carbonyl (C=O) groups is 2. The number of piperidine rings is 1. The minimum Gasteiger partial charge on any atom is -0.454 e. The van der Waals surface area contributed by atoms with Gasteiger partial charge in [-0.05, 0) is 56.9 Å². The van der Waals surface area contributed by atoms with Crippen molar-refractivity contribution < 1.29 is 22.7 Å². The Morgan fingerprint density at radius 1 is 1.23 bits per heavy atom. The summed E-state index contributed by atoms with van der Waals surface area (Å²) in [6.07, 6.45) is 1.75. The van der Waals surface area contributed by atoms with Gasteiger partial charge in [0, 0.05) is 37.1 Å². The van der Waals surface area contributed by atoms with Gasteiger partial charge in [0.15, 0.2) is 6.61 Å². The Hall–Kier alpha value is -2.16. The van der Waals surface area contributed by atoms with Crippen LogP contribution >= 0.6 is 11.6 Å². The molecule has 1 fully saturated rings. The smallest absolute Gasteiger partial charge is 0.338 e. The van der Waals surface area contributed by atoms with E-state index in [1.54, 1.807) is 6.07 Å². The van der Waals surface area contributed by atoms with Crippen LogP contribution in [0.5, 0.6) is 0 Å². The molecule has 2 heterocycles. The fraction of sp³-hybridized carbons (Fsp3) is 0.455. The molecule has 1 aromatic heterocycles. The summed E-state index contributed by atoms with van der Waals surface area (Å²) in [5.74, 6) is -0.844. The number of aromatic nitrogens is 1. The van der Waals surface area contributed by atoms with Gasteiger partial charge in [-0.15, -0.1) is 0 Å². The first-order chi connectivity index (χ1) is 14.5. The van der Waals surface area contributed by atoms with Gasteiger partial charge in [-0.1, -0.05) is 18.5 Å². The molecule has 0 saturated carbocycles. The Morgan fingerprint density at radius 2 is 1.94 bits per heavy atom. The van der Waals surface area contributed by atoms with Gasteiger partial charge >= 0.3 is 5.97 Å².